The Morgan fingerprint density at radius 2 is 2.47 bits per heavy atom. The van der Waals surface area contributed by atoms with Crippen LogP contribution in [0.5, 0.6) is 5.75 Å². The molecule has 1 aliphatic rings. The standard InChI is InChI=1S/C13H18N2O2/c1-15-5-4-12(15)10-17-13-7-11(3-2-6-16)8-14-9-13/h2-3,7-9,12,16H,4-6,10H2,1H3. The normalized spacial score (nSPS) is 20.5. The monoisotopic (exact) mass is 234 g/mol. The highest BCUT2D eigenvalue weighted by Gasteiger charge is 2.24. The van der Waals surface area contributed by atoms with Gasteiger partial charge in [-0.1, -0.05) is 12.2 Å². The van der Waals surface area contributed by atoms with Gasteiger partial charge >= 0.3 is 0 Å². The number of likely N-dealkylation sites (tertiary alicyclic amines) is 1. The van der Waals surface area contributed by atoms with Crippen LogP contribution in [0.25, 0.3) is 6.08 Å². The van der Waals surface area contributed by atoms with E-state index >= 15 is 0 Å². The SMILES string of the molecule is CN1CCC1COc1cncc(C=CCO)c1. The number of aliphatic hydroxyl groups excluding tert-OH is 1. The van der Waals surface area contributed by atoms with Gasteiger partial charge in [-0.25, -0.2) is 0 Å². The summed E-state index contributed by atoms with van der Waals surface area (Å²) in [5, 5.41) is 8.70. The Kier molecular flexibility index (Phi) is 4.12. The van der Waals surface area contributed by atoms with Gasteiger partial charge in [-0.3, -0.25) is 9.88 Å². The Labute approximate surface area is 102 Å². The molecule has 17 heavy (non-hydrogen) atoms. The van der Waals surface area contributed by atoms with Gasteiger partial charge in [-0.15, -0.1) is 0 Å². The second-order valence-electron chi connectivity index (χ2n) is 4.27. The number of rotatable bonds is 5. The lowest BCUT2D eigenvalue weighted by Gasteiger charge is -2.37. The smallest absolute Gasteiger partial charge is 0.138 e. The van der Waals surface area contributed by atoms with Gasteiger partial charge in [-0.05, 0) is 31.6 Å². The molecular formula is C13H18N2O2. The molecule has 1 aliphatic heterocycles. The van der Waals surface area contributed by atoms with E-state index in [4.69, 9.17) is 9.84 Å². The second kappa shape index (κ2) is 5.80. The molecule has 0 amide bonds. The Hall–Kier alpha value is -1.39. The van der Waals surface area contributed by atoms with Crippen molar-refractivity contribution in [2.75, 3.05) is 26.8 Å². The molecule has 0 bridgehead atoms. The largest absolute Gasteiger partial charge is 0.490 e. The zero-order valence-corrected chi connectivity index (χ0v) is 10.0. The number of aliphatic hydroxyl groups is 1. The first-order valence-corrected chi connectivity index (χ1v) is 5.85. The quantitative estimate of drug-likeness (QED) is 0.830. The van der Waals surface area contributed by atoms with E-state index in [0.717, 1.165) is 17.9 Å². The molecule has 92 valence electrons. The molecule has 2 rings (SSSR count). The summed E-state index contributed by atoms with van der Waals surface area (Å²) >= 11 is 0. The first-order chi connectivity index (χ1) is 8.29. The Bertz CT molecular complexity index is 393. The maximum atomic E-state index is 8.70. The Morgan fingerprint density at radius 1 is 1.59 bits per heavy atom. The maximum absolute atomic E-state index is 8.70. The fraction of sp³-hybridized carbons (Fsp3) is 0.462. The number of pyridine rings is 1. The van der Waals surface area contributed by atoms with Crippen molar-refractivity contribution in [1.29, 1.82) is 0 Å². The predicted octanol–water partition coefficient (Wildman–Crippen LogP) is 1.17. The third-order valence-electron chi connectivity index (χ3n) is 3.03. The molecule has 2 heterocycles. The molecule has 1 saturated heterocycles. The molecule has 1 aromatic heterocycles. The number of hydrogen-bond donors (Lipinski definition) is 1. The van der Waals surface area contributed by atoms with Gasteiger partial charge in [0.25, 0.3) is 0 Å². The minimum Gasteiger partial charge on any atom is -0.490 e. The van der Waals surface area contributed by atoms with Gasteiger partial charge in [0.1, 0.15) is 12.4 Å². The Morgan fingerprint density at radius 3 is 3.12 bits per heavy atom. The highest BCUT2D eigenvalue weighted by Crippen LogP contribution is 2.17. The maximum Gasteiger partial charge on any atom is 0.138 e. The van der Waals surface area contributed by atoms with Crippen LogP contribution in [0, 0.1) is 0 Å². The van der Waals surface area contributed by atoms with Crippen molar-refractivity contribution in [1.82, 2.24) is 9.88 Å². The molecule has 0 radical (unpaired) electrons. The molecule has 0 spiro atoms. The van der Waals surface area contributed by atoms with Crippen molar-refractivity contribution in [3.8, 4) is 5.75 Å². The molecule has 0 aliphatic carbocycles. The highest BCUT2D eigenvalue weighted by atomic mass is 16.5. The van der Waals surface area contributed by atoms with Crippen LogP contribution >= 0.6 is 0 Å². The van der Waals surface area contributed by atoms with Gasteiger partial charge in [-0.2, -0.15) is 0 Å². The fourth-order valence-corrected chi connectivity index (χ4v) is 1.77. The van der Waals surface area contributed by atoms with Crippen molar-refractivity contribution >= 4 is 6.08 Å². The van der Waals surface area contributed by atoms with Crippen LogP contribution in [0.2, 0.25) is 0 Å². The van der Waals surface area contributed by atoms with Crippen LogP contribution < -0.4 is 4.74 Å². The van der Waals surface area contributed by atoms with Gasteiger partial charge in [0.2, 0.25) is 0 Å². The van der Waals surface area contributed by atoms with Crippen molar-refractivity contribution in [3.05, 3.63) is 30.1 Å². The van der Waals surface area contributed by atoms with E-state index in [2.05, 4.69) is 16.9 Å². The van der Waals surface area contributed by atoms with Crippen LogP contribution in [-0.4, -0.2) is 47.8 Å². The van der Waals surface area contributed by atoms with Gasteiger partial charge in [0, 0.05) is 12.2 Å². The minimum absolute atomic E-state index is 0.0396. The highest BCUT2D eigenvalue weighted by molar-refractivity contribution is 5.49. The molecule has 0 aromatic carbocycles. The summed E-state index contributed by atoms with van der Waals surface area (Å²) in [6.07, 6.45) is 8.17. The minimum atomic E-state index is 0.0396. The lowest BCUT2D eigenvalue weighted by atomic mass is 10.1. The molecule has 4 heteroatoms. The van der Waals surface area contributed by atoms with E-state index in [9.17, 15) is 0 Å². The van der Waals surface area contributed by atoms with Crippen molar-refractivity contribution in [2.24, 2.45) is 0 Å². The average Bonchev–Trinajstić information content (AvgIpc) is 2.35. The third-order valence-corrected chi connectivity index (χ3v) is 3.03. The summed E-state index contributed by atoms with van der Waals surface area (Å²) in [5.74, 6) is 0.783. The Balaban J connectivity index is 1.89. The predicted molar refractivity (Wildman–Crippen MR) is 66.9 cm³/mol. The molecule has 1 aromatic rings. The van der Waals surface area contributed by atoms with Crippen molar-refractivity contribution in [2.45, 2.75) is 12.5 Å². The summed E-state index contributed by atoms with van der Waals surface area (Å²) in [5.41, 5.74) is 0.943. The van der Waals surface area contributed by atoms with Crippen molar-refractivity contribution in [3.63, 3.8) is 0 Å². The third kappa shape index (κ3) is 3.28. The number of likely N-dealkylation sites (N-methyl/N-ethyl adjacent to an activating group) is 1. The zero-order valence-electron chi connectivity index (χ0n) is 10.0. The lowest BCUT2D eigenvalue weighted by molar-refractivity contribution is 0.0767. The summed E-state index contributed by atoms with van der Waals surface area (Å²) in [6.45, 7) is 1.91. The molecular weight excluding hydrogens is 216 g/mol. The van der Waals surface area contributed by atoms with Crippen LogP contribution in [0.1, 0.15) is 12.0 Å². The van der Waals surface area contributed by atoms with Gasteiger partial charge < -0.3 is 9.84 Å². The lowest BCUT2D eigenvalue weighted by Crippen LogP contribution is -2.48. The summed E-state index contributed by atoms with van der Waals surface area (Å²) < 4.78 is 5.70. The number of hydrogen-bond acceptors (Lipinski definition) is 4. The number of aromatic nitrogens is 1. The van der Waals surface area contributed by atoms with E-state index in [0.29, 0.717) is 12.6 Å². The van der Waals surface area contributed by atoms with E-state index in [1.165, 1.54) is 6.42 Å². The molecule has 1 atom stereocenters. The molecule has 1 unspecified atom stereocenters. The topological polar surface area (TPSA) is 45.6 Å². The van der Waals surface area contributed by atoms with E-state index in [-0.39, 0.29) is 6.61 Å². The van der Waals surface area contributed by atoms with E-state index in [1.54, 1.807) is 18.5 Å². The summed E-state index contributed by atoms with van der Waals surface area (Å²) in [6, 6.07) is 2.46. The molecule has 1 N–H and O–H groups in total. The molecule has 4 nitrogen and oxygen atoms in total. The van der Waals surface area contributed by atoms with Crippen LogP contribution in [-0.2, 0) is 0 Å². The van der Waals surface area contributed by atoms with E-state index in [1.807, 2.05) is 12.1 Å². The fourth-order valence-electron chi connectivity index (χ4n) is 1.77. The number of nitrogens with zero attached hydrogens (tertiary/aromatic N) is 2. The average molecular weight is 234 g/mol. The van der Waals surface area contributed by atoms with Gasteiger partial charge in [0.05, 0.1) is 12.8 Å². The summed E-state index contributed by atoms with van der Waals surface area (Å²) in [7, 11) is 2.11. The van der Waals surface area contributed by atoms with E-state index < -0.39 is 0 Å². The second-order valence-corrected chi connectivity index (χ2v) is 4.27. The van der Waals surface area contributed by atoms with Crippen LogP contribution in [0.3, 0.4) is 0 Å². The number of ether oxygens (including phenoxy) is 1. The van der Waals surface area contributed by atoms with Crippen LogP contribution in [0.15, 0.2) is 24.5 Å². The molecule has 0 saturated carbocycles. The molecule has 1 fully saturated rings. The van der Waals surface area contributed by atoms with Gasteiger partial charge in [0.15, 0.2) is 0 Å². The zero-order chi connectivity index (χ0) is 12.1. The van der Waals surface area contributed by atoms with Crippen LogP contribution in [0.4, 0.5) is 0 Å². The summed E-state index contributed by atoms with van der Waals surface area (Å²) in [4.78, 5) is 6.39. The first kappa shape index (κ1) is 12.1. The first-order valence-electron chi connectivity index (χ1n) is 5.85. The van der Waals surface area contributed by atoms with Crippen molar-refractivity contribution < 1.29 is 9.84 Å².